The largest absolute Gasteiger partial charge is 0.494 e. The van der Waals surface area contributed by atoms with Crippen LogP contribution in [-0.4, -0.2) is 40.3 Å². The summed E-state index contributed by atoms with van der Waals surface area (Å²) in [5, 5.41) is 8.11. The third-order valence-corrected chi connectivity index (χ3v) is 1.80. The van der Waals surface area contributed by atoms with Crippen LogP contribution in [0.15, 0.2) is 0 Å². The van der Waals surface area contributed by atoms with E-state index >= 15 is 0 Å². The molecular formula is C3H9NO5Si. The van der Waals surface area contributed by atoms with Crippen molar-refractivity contribution in [3.8, 4) is 0 Å². The third-order valence-electron chi connectivity index (χ3n) is 0.811. The number of carbonyl (C=O) groups is 1. The minimum Gasteiger partial charge on any atom is -0.480 e. The van der Waals surface area contributed by atoms with Gasteiger partial charge >= 0.3 is 14.8 Å². The summed E-state index contributed by atoms with van der Waals surface area (Å²) in [6.45, 7) is 0. The van der Waals surface area contributed by atoms with Gasteiger partial charge in [-0.25, -0.2) is 0 Å². The van der Waals surface area contributed by atoms with Gasteiger partial charge in [0, 0.05) is 6.04 Å². The topological polar surface area (TPSA) is 124 Å². The molecule has 0 aliphatic carbocycles. The van der Waals surface area contributed by atoms with Crippen LogP contribution >= 0.6 is 0 Å². The molecule has 0 saturated carbocycles. The molecule has 0 spiro atoms. The van der Waals surface area contributed by atoms with Gasteiger partial charge in [-0.2, -0.15) is 0 Å². The number of hydrogen-bond donors (Lipinski definition) is 5. The maximum absolute atomic E-state index is 9.94. The van der Waals surface area contributed by atoms with Crippen molar-refractivity contribution in [3.63, 3.8) is 0 Å². The van der Waals surface area contributed by atoms with Crippen molar-refractivity contribution in [1.82, 2.24) is 0 Å². The normalized spacial score (nSPS) is 14.8. The van der Waals surface area contributed by atoms with Gasteiger partial charge < -0.3 is 25.2 Å². The molecule has 6 N–H and O–H groups in total. The van der Waals surface area contributed by atoms with Gasteiger partial charge in [0.2, 0.25) is 0 Å². The van der Waals surface area contributed by atoms with Gasteiger partial charge in [-0.05, 0) is 0 Å². The zero-order chi connectivity index (χ0) is 8.36. The fourth-order valence-corrected chi connectivity index (χ4v) is 1.15. The molecule has 0 fully saturated rings. The molecule has 60 valence electrons. The van der Waals surface area contributed by atoms with E-state index in [2.05, 4.69) is 0 Å². The van der Waals surface area contributed by atoms with Gasteiger partial charge in [-0.15, -0.1) is 0 Å². The summed E-state index contributed by atoms with van der Waals surface area (Å²) in [5.74, 6) is -1.37. The fraction of sp³-hybridized carbons (Fsp3) is 0.667. The van der Waals surface area contributed by atoms with Crippen LogP contribution in [0.25, 0.3) is 0 Å². The molecule has 0 aliphatic rings. The number of aliphatic carboxylic acids is 1. The molecule has 0 radical (unpaired) electrons. The van der Waals surface area contributed by atoms with Crippen molar-refractivity contribution in [1.29, 1.82) is 0 Å². The van der Waals surface area contributed by atoms with E-state index < -0.39 is 26.9 Å². The second-order valence-corrected chi connectivity index (χ2v) is 3.88. The Kier molecular flexibility index (Phi) is 2.93. The highest BCUT2D eigenvalue weighted by molar-refractivity contribution is 6.56. The second kappa shape index (κ2) is 3.08. The van der Waals surface area contributed by atoms with E-state index in [9.17, 15) is 4.79 Å². The highest BCUT2D eigenvalue weighted by atomic mass is 28.4. The van der Waals surface area contributed by atoms with Gasteiger partial charge in [0.1, 0.15) is 6.04 Å². The summed E-state index contributed by atoms with van der Waals surface area (Å²) in [4.78, 5) is 35.0. The summed E-state index contributed by atoms with van der Waals surface area (Å²) in [6.07, 6.45) is 0. The highest BCUT2D eigenvalue weighted by Crippen LogP contribution is 1.99. The zero-order valence-electron chi connectivity index (χ0n) is 5.06. The van der Waals surface area contributed by atoms with E-state index in [4.69, 9.17) is 25.2 Å². The first-order valence-corrected chi connectivity index (χ1v) is 4.53. The Hall–Kier alpha value is -0.473. The fourth-order valence-electron chi connectivity index (χ4n) is 0.382. The van der Waals surface area contributed by atoms with Crippen LogP contribution in [0.1, 0.15) is 0 Å². The number of hydrogen-bond acceptors (Lipinski definition) is 5. The van der Waals surface area contributed by atoms with Crippen molar-refractivity contribution in [2.75, 3.05) is 0 Å². The van der Waals surface area contributed by atoms with Crippen LogP contribution in [0.2, 0.25) is 6.04 Å². The summed E-state index contributed by atoms with van der Waals surface area (Å²) in [6, 6.07) is -2.09. The molecule has 0 saturated heterocycles. The molecule has 6 nitrogen and oxygen atoms in total. The van der Waals surface area contributed by atoms with E-state index in [-0.39, 0.29) is 0 Å². The monoisotopic (exact) mass is 167 g/mol. The molecule has 0 bridgehead atoms. The first-order valence-electron chi connectivity index (χ1n) is 2.48. The number of carboxylic acids is 1. The predicted octanol–water partition coefficient (Wildman–Crippen LogP) is -2.69. The van der Waals surface area contributed by atoms with Crippen molar-refractivity contribution in [2.45, 2.75) is 12.1 Å². The molecule has 1 atom stereocenters. The van der Waals surface area contributed by atoms with Crippen molar-refractivity contribution < 1.29 is 24.3 Å². The summed E-state index contributed by atoms with van der Waals surface area (Å²) >= 11 is 0. The van der Waals surface area contributed by atoms with Crippen LogP contribution < -0.4 is 5.73 Å². The lowest BCUT2D eigenvalue weighted by Crippen LogP contribution is -2.44. The van der Waals surface area contributed by atoms with Gasteiger partial charge in [0.05, 0.1) is 0 Å². The molecule has 0 heterocycles. The standard InChI is InChI=1S/C3H9NO5Si/c4-2(3(5)6)1-10(7,8)9/h2,7-9H,1,4H2,(H,5,6). The second-order valence-electron chi connectivity index (χ2n) is 1.92. The number of rotatable bonds is 3. The minimum absolute atomic E-state index is 0.678. The Balaban J connectivity index is 3.80. The summed E-state index contributed by atoms with van der Waals surface area (Å²) in [7, 11) is -4.29. The number of nitrogens with two attached hydrogens (primary N) is 1. The maximum atomic E-state index is 9.94. The molecule has 10 heavy (non-hydrogen) atoms. The number of carboxylic acid groups (broad SMARTS) is 1. The Morgan fingerprint density at radius 2 is 1.90 bits per heavy atom. The molecule has 1 unspecified atom stereocenters. The van der Waals surface area contributed by atoms with Crippen molar-refractivity contribution >= 4 is 14.8 Å². The van der Waals surface area contributed by atoms with Crippen LogP contribution in [0.4, 0.5) is 0 Å². The van der Waals surface area contributed by atoms with Gasteiger partial charge in [0.15, 0.2) is 0 Å². The van der Waals surface area contributed by atoms with Crippen molar-refractivity contribution in [2.24, 2.45) is 5.73 Å². The first kappa shape index (κ1) is 9.53. The predicted molar refractivity (Wildman–Crippen MR) is 32.8 cm³/mol. The van der Waals surface area contributed by atoms with E-state index in [1.807, 2.05) is 0 Å². The maximum Gasteiger partial charge on any atom is 0.494 e. The Morgan fingerprint density at radius 1 is 1.50 bits per heavy atom. The average Bonchev–Trinajstić information content (AvgIpc) is 1.60. The van der Waals surface area contributed by atoms with E-state index in [1.54, 1.807) is 0 Å². The molecular weight excluding hydrogens is 158 g/mol. The lowest BCUT2D eigenvalue weighted by molar-refractivity contribution is -0.138. The van der Waals surface area contributed by atoms with Crippen LogP contribution in [0, 0.1) is 0 Å². The van der Waals surface area contributed by atoms with Crippen LogP contribution in [-0.2, 0) is 4.79 Å². The SMILES string of the molecule is NC(C[Si](O)(O)O)C(=O)O. The Morgan fingerprint density at radius 3 is 2.00 bits per heavy atom. The summed E-state index contributed by atoms with van der Waals surface area (Å²) in [5.41, 5.74) is 4.86. The lowest BCUT2D eigenvalue weighted by Gasteiger charge is -2.11. The highest BCUT2D eigenvalue weighted by Gasteiger charge is 2.32. The van der Waals surface area contributed by atoms with Crippen molar-refractivity contribution in [3.05, 3.63) is 0 Å². The summed E-state index contributed by atoms with van der Waals surface area (Å²) < 4.78 is 0. The molecule has 0 rings (SSSR count). The van der Waals surface area contributed by atoms with E-state index in [1.165, 1.54) is 0 Å². The van der Waals surface area contributed by atoms with Gasteiger partial charge in [-0.1, -0.05) is 0 Å². The zero-order valence-corrected chi connectivity index (χ0v) is 6.06. The van der Waals surface area contributed by atoms with Crippen LogP contribution in [0.5, 0.6) is 0 Å². The molecule has 0 aromatic carbocycles. The smallest absolute Gasteiger partial charge is 0.480 e. The minimum atomic E-state index is -4.29. The molecule has 0 aromatic heterocycles. The van der Waals surface area contributed by atoms with E-state index in [0.29, 0.717) is 0 Å². The molecule has 0 aliphatic heterocycles. The van der Waals surface area contributed by atoms with Gasteiger partial charge in [0.25, 0.3) is 0 Å². The Bertz CT molecular complexity index is 131. The molecule has 0 aromatic rings. The Labute approximate surface area is 57.9 Å². The third kappa shape index (κ3) is 4.41. The lowest BCUT2D eigenvalue weighted by atomic mass is 10.4. The average molecular weight is 167 g/mol. The van der Waals surface area contributed by atoms with E-state index in [0.717, 1.165) is 0 Å². The molecule has 7 heteroatoms. The van der Waals surface area contributed by atoms with Gasteiger partial charge in [-0.3, -0.25) is 4.79 Å². The first-order chi connectivity index (χ1) is 4.33. The quantitative estimate of drug-likeness (QED) is 0.292. The molecule has 0 amide bonds. The van der Waals surface area contributed by atoms with Crippen LogP contribution in [0.3, 0.4) is 0 Å².